The third kappa shape index (κ3) is 3.58. The summed E-state index contributed by atoms with van der Waals surface area (Å²) in [4.78, 5) is 0. The van der Waals surface area contributed by atoms with Crippen molar-refractivity contribution < 1.29 is 0 Å². The Morgan fingerprint density at radius 2 is 1.05 bits per heavy atom. The Morgan fingerprint density at radius 1 is 0.727 bits per heavy atom. The standard InChI is InChI=1S/C17H35ISi4/c1-15-11-13-16(14-12-15)19(18)17(20(2,3)4,21(5,6)7)22(8,9)10/h11-14,19H,1-10H3. The Hall–Kier alpha value is 0.818. The van der Waals surface area contributed by atoms with Gasteiger partial charge in [0.15, 0.2) is 0 Å². The van der Waals surface area contributed by atoms with E-state index < -0.39 is 30.5 Å². The van der Waals surface area contributed by atoms with Gasteiger partial charge in [0.25, 0.3) is 0 Å². The summed E-state index contributed by atoms with van der Waals surface area (Å²) in [5, 5.41) is 1.69. The van der Waals surface area contributed by atoms with Crippen LogP contribution in [0.3, 0.4) is 0 Å². The topological polar surface area (TPSA) is 0 Å². The molecule has 0 heterocycles. The summed E-state index contributed by atoms with van der Waals surface area (Å²) in [7, 11) is -3.87. The molecule has 1 atom stereocenters. The van der Waals surface area contributed by atoms with Crippen molar-refractivity contribution in [1.29, 1.82) is 0 Å². The lowest BCUT2D eigenvalue weighted by atomic mass is 10.2. The van der Waals surface area contributed by atoms with Crippen molar-refractivity contribution in [3.05, 3.63) is 29.8 Å². The Morgan fingerprint density at radius 3 is 1.32 bits per heavy atom. The van der Waals surface area contributed by atoms with E-state index in [2.05, 4.69) is 112 Å². The molecule has 0 fully saturated rings. The van der Waals surface area contributed by atoms with E-state index in [1.165, 1.54) is 5.56 Å². The quantitative estimate of drug-likeness (QED) is 0.288. The van der Waals surface area contributed by atoms with E-state index in [0.29, 0.717) is 3.91 Å². The van der Waals surface area contributed by atoms with Crippen LogP contribution in [0.4, 0.5) is 0 Å². The number of rotatable bonds is 5. The molecule has 22 heavy (non-hydrogen) atoms. The normalized spacial score (nSPS) is 15.8. The van der Waals surface area contributed by atoms with Crippen LogP contribution in [-0.4, -0.2) is 30.5 Å². The van der Waals surface area contributed by atoms with Gasteiger partial charge in [-0.25, -0.2) is 0 Å². The van der Waals surface area contributed by atoms with Crippen LogP contribution >= 0.6 is 21.8 Å². The first-order valence-corrected chi connectivity index (χ1v) is 24.2. The average Bonchev–Trinajstić information content (AvgIpc) is 2.23. The zero-order valence-corrected chi connectivity index (χ0v) is 22.6. The summed E-state index contributed by atoms with van der Waals surface area (Å²) in [5.74, 6) is 0. The van der Waals surface area contributed by atoms with Gasteiger partial charge >= 0.3 is 0 Å². The zero-order chi connectivity index (χ0) is 17.6. The second kappa shape index (κ2) is 6.61. The molecule has 126 valence electrons. The van der Waals surface area contributed by atoms with Crippen LogP contribution in [0.5, 0.6) is 0 Å². The number of hydrogen-bond acceptors (Lipinski definition) is 0. The second-order valence-corrected chi connectivity index (χ2v) is 34.9. The van der Waals surface area contributed by atoms with Crippen LogP contribution in [0.25, 0.3) is 0 Å². The highest BCUT2D eigenvalue weighted by Gasteiger charge is 2.63. The zero-order valence-electron chi connectivity index (χ0n) is 16.3. The van der Waals surface area contributed by atoms with Crippen LogP contribution in [0, 0.1) is 6.92 Å². The third-order valence-electron chi connectivity index (χ3n) is 5.30. The second-order valence-electron chi connectivity index (χ2n) is 9.83. The molecule has 0 bridgehead atoms. The lowest BCUT2D eigenvalue weighted by Gasteiger charge is -2.61. The summed E-state index contributed by atoms with van der Waals surface area (Å²) < 4.78 is 0.711. The van der Waals surface area contributed by atoms with Crippen molar-refractivity contribution in [2.24, 2.45) is 0 Å². The highest BCUT2D eigenvalue weighted by molar-refractivity contribution is 14.1. The molecule has 0 radical (unpaired) electrons. The molecule has 0 amide bonds. The molecular weight excluding hydrogens is 443 g/mol. The molecule has 0 aromatic heterocycles. The largest absolute Gasteiger partial charge is 0.139 e. The van der Waals surface area contributed by atoms with Crippen LogP contribution < -0.4 is 5.19 Å². The predicted octanol–water partition coefficient (Wildman–Crippen LogP) is 5.73. The van der Waals surface area contributed by atoms with Crippen molar-refractivity contribution >= 4 is 57.5 Å². The molecule has 1 unspecified atom stereocenters. The Kier molecular flexibility index (Phi) is 6.27. The summed E-state index contributed by atoms with van der Waals surface area (Å²) in [6.07, 6.45) is -1.05. The molecule has 0 spiro atoms. The number of benzene rings is 1. The van der Waals surface area contributed by atoms with E-state index in [-0.39, 0.29) is 0 Å². The molecule has 0 aliphatic heterocycles. The fourth-order valence-corrected chi connectivity index (χ4v) is 70.6. The van der Waals surface area contributed by atoms with Gasteiger partial charge in [0.1, 0.15) is 6.29 Å². The van der Waals surface area contributed by atoms with Gasteiger partial charge in [-0.3, -0.25) is 0 Å². The fourth-order valence-electron chi connectivity index (χ4n) is 5.50. The first kappa shape index (κ1) is 20.9. The molecule has 1 aromatic rings. The van der Waals surface area contributed by atoms with Crippen molar-refractivity contribution in [3.8, 4) is 0 Å². The van der Waals surface area contributed by atoms with Gasteiger partial charge in [-0.05, 0) is 10.8 Å². The van der Waals surface area contributed by atoms with Crippen molar-refractivity contribution in [1.82, 2.24) is 0 Å². The van der Waals surface area contributed by atoms with E-state index in [0.717, 1.165) is 0 Å². The predicted molar refractivity (Wildman–Crippen MR) is 125 cm³/mol. The fraction of sp³-hybridized carbons (Fsp3) is 0.647. The van der Waals surface area contributed by atoms with E-state index >= 15 is 0 Å². The Labute approximate surface area is 156 Å². The van der Waals surface area contributed by atoms with Crippen molar-refractivity contribution in [2.45, 2.75) is 69.8 Å². The number of hydrogen-bond donors (Lipinski definition) is 0. The van der Waals surface area contributed by atoms with Crippen LogP contribution in [0.1, 0.15) is 5.56 Å². The van der Waals surface area contributed by atoms with Gasteiger partial charge in [-0.1, -0.05) is 93.9 Å². The maximum atomic E-state index is 2.95. The summed E-state index contributed by atoms with van der Waals surface area (Å²) in [5.41, 5.74) is 1.39. The van der Waals surface area contributed by atoms with Crippen LogP contribution in [0.15, 0.2) is 24.3 Å². The third-order valence-corrected chi connectivity index (χ3v) is 48.3. The molecule has 0 N–H and O–H groups in total. The molecule has 0 saturated carbocycles. The smallest absolute Gasteiger partial charge is 0.117 e. The molecule has 1 rings (SSSR count). The van der Waals surface area contributed by atoms with Gasteiger partial charge in [-0.15, -0.1) is 21.8 Å². The summed E-state index contributed by atoms with van der Waals surface area (Å²) in [6, 6.07) is 9.57. The average molecular weight is 479 g/mol. The summed E-state index contributed by atoms with van der Waals surface area (Å²) in [6.45, 7) is 26.2. The highest BCUT2D eigenvalue weighted by Crippen LogP contribution is 2.56. The molecule has 1 aromatic carbocycles. The maximum absolute atomic E-state index is 2.95. The Balaban J connectivity index is 3.66. The van der Waals surface area contributed by atoms with Crippen LogP contribution in [0.2, 0.25) is 62.8 Å². The van der Waals surface area contributed by atoms with Crippen LogP contribution in [-0.2, 0) is 0 Å². The lowest BCUT2D eigenvalue weighted by Crippen LogP contribution is -2.73. The van der Waals surface area contributed by atoms with Gasteiger partial charge in [0, 0.05) is 24.2 Å². The maximum Gasteiger partial charge on any atom is 0.139 e. The molecule has 0 nitrogen and oxygen atoms in total. The number of aryl methyl sites for hydroxylation is 1. The van der Waals surface area contributed by atoms with Gasteiger partial charge in [0.05, 0.1) is 0 Å². The minimum atomic E-state index is -1.29. The molecule has 0 aliphatic rings. The molecule has 0 aliphatic carbocycles. The highest BCUT2D eigenvalue weighted by atomic mass is 127. The minimum absolute atomic E-state index is 0.711. The van der Waals surface area contributed by atoms with Crippen molar-refractivity contribution in [2.75, 3.05) is 0 Å². The lowest BCUT2D eigenvalue weighted by molar-refractivity contribution is 1.23. The summed E-state index contributed by atoms with van der Waals surface area (Å²) >= 11 is 2.95. The van der Waals surface area contributed by atoms with E-state index in [1.54, 1.807) is 5.19 Å². The van der Waals surface area contributed by atoms with E-state index in [9.17, 15) is 0 Å². The first-order valence-electron chi connectivity index (χ1n) is 8.37. The molecule has 0 saturated heterocycles. The minimum Gasteiger partial charge on any atom is -0.117 e. The van der Waals surface area contributed by atoms with Gasteiger partial charge in [0.2, 0.25) is 0 Å². The van der Waals surface area contributed by atoms with E-state index in [4.69, 9.17) is 0 Å². The van der Waals surface area contributed by atoms with Crippen molar-refractivity contribution in [3.63, 3.8) is 0 Å². The Bertz CT molecular complexity index is 467. The van der Waals surface area contributed by atoms with Gasteiger partial charge < -0.3 is 0 Å². The first-order chi connectivity index (χ1) is 9.66. The number of halogens is 1. The molecule has 5 heteroatoms. The van der Waals surface area contributed by atoms with Gasteiger partial charge in [-0.2, -0.15) is 0 Å². The van der Waals surface area contributed by atoms with E-state index in [1.807, 2.05) is 0 Å². The monoisotopic (exact) mass is 478 g/mol. The molecular formula is C17H35ISi4. The SMILES string of the molecule is Cc1ccc([SiH](I)C([Si](C)(C)C)([Si](C)(C)C)[Si](C)(C)C)cc1.